The van der Waals surface area contributed by atoms with Gasteiger partial charge in [0.2, 0.25) is 0 Å². The Kier molecular flexibility index (Phi) is 3.16. The Bertz CT molecular complexity index is 326. The van der Waals surface area contributed by atoms with Gasteiger partial charge in [0, 0.05) is 25.8 Å². The van der Waals surface area contributed by atoms with Crippen molar-refractivity contribution >= 4 is 5.82 Å². The van der Waals surface area contributed by atoms with Crippen molar-refractivity contribution in [1.29, 1.82) is 0 Å². The van der Waals surface area contributed by atoms with Crippen LogP contribution >= 0.6 is 0 Å². The highest BCUT2D eigenvalue weighted by atomic mass is 15.2. The van der Waals surface area contributed by atoms with Crippen molar-refractivity contribution in [2.75, 3.05) is 38.1 Å². The van der Waals surface area contributed by atoms with Gasteiger partial charge in [0.15, 0.2) is 0 Å². The van der Waals surface area contributed by atoms with E-state index in [1.54, 1.807) is 6.20 Å². The zero-order chi connectivity index (χ0) is 10.7. The molecule has 0 atom stereocenters. The number of aryl methyl sites for hydroxylation is 1. The fourth-order valence-electron chi connectivity index (χ4n) is 1.88. The minimum absolute atomic E-state index is 0.991. The Labute approximate surface area is 90.9 Å². The maximum atomic E-state index is 4.51. The smallest absolute Gasteiger partial charge is 0.147 e. The third-order valence-corrected chi connectivity index (χ3v) is 2.79. The van der Waals surface area contributed by atoms with Crippen LogP contribution in [0.25, 0.3) is 0 Å². The van der Waals surface area contributed by atoms with E-state index in [0.29, 0.717) is 0 Å². The molecule has 2 rings (SSSR count). The van der Waals surface area contributed by atoms with Crippen molar-refractivity contribution in [3.8, 4) is 0 Å². The largest absolute Gasteiger partial charge is 0.354 e. The van der Waals surface area contributed by atoms with E-state index in [4.69, 9.17) is 0 Å². The maximum absolute atomic E-state index is 4.51. The summed E-state index contributed by atoms with van der Waals surface area (Å²) in [7, 11) is 2.17. The van der Waals surface area contributed by atoms with Crippen LogP contribution in [0.5, 0.6) is 0 Å². The van der Waals surface area contributed by atoms with Crippen LogP contribution in [0.1, 0.15) is 12.1 Å². The first kappa shape index (κ1) is 10.4. The molecule has 1 saturated heterocycles. The number of rotatable bonds is 1. The average molecular weight is 206 g/mol. The van der Waals surface area contributed by atoms with Crippen LogP contribution < -0.4 is 4.90 Å². The van der Waals surface area contributed by atoms with Gasteiger partial charge >= 0.3 is 0 Å². The van der Waals surface area contributed by atoms with Crippen molar-refractivity contribution in [2.24, 2.45) is 0 Å². The van der Waals surface area contributed by atoms with Gasteiger partial charge in [-0.25, -0.2) is 4.98 Å². The first-order valence-electron chi connectivity index (χ1n) is 5.48. The van der Waals surface area contributed by atoms with Crippen LogP contribution in [0.4, 0.5) is 5.82 Å². The highest BCUT2D eigenvalue weighted by Crippen LogP contribution is 2.12. The van der Waals surface area contributed by atoms with Crippen LogP contribution in [0.3, 0.4) is 0 Å². The van der Waals surface area contributed by atoms with E-state index in [9.17, 15) is 0 Å². The topological polar surface area (TPSA) is 32.3 Å². The van der Waals surface area contributed by atoms with Crippen molar-refractivity contribution < 1.29 is 0 Å². The molecule has 2 heterocycles. The second-order valence-corrected chi connectivity index (χ2v) is 4.16. The predicted molar refractivity (Wildman–Crippen MR) is 61.1 cm³/mol. The molecule has 4 heteroatoms. The molecule has 0 unspecified atom stereocenters. The number of hydrogen-bond donors (Lipinski definition) is 0. The number of nitrogens with zero attached hydrogens (tertiary/aromatic N) is 4. The molecule has 0 spiro atoms. The van der Waals surface area contributed by atoms with Gasteiger partial charge in [0.05, 0.1) is 11.9 Å². The molecule has 0 radical (unpaired) electrons. The fourth-order valence-corrected chi connectivity index (χ4v) is 1.88. The van der Waals surface area contributed by atoms with Crippen LogP contribution in [0.15, 0.2) is 12.4 Å². The lowest BCUT2D eigenvalue weighted by Gasteiger charge is -2.21. The van der Waals surface area contributed by atoms with Gasteiger partial charge < -0.3 is 9.80 Å². The summed E-state index contributed by atoms with van der Waals surface area (Å²) in [5.74, 6) is 1.02. The van der Waals surface area contributed by atoms with Gasteiger partial charge in [-0.3, -0.25) is 4.98 Å². The zero-order valence-electron chi connectivity index (χ0n) is 9.48. The summed E-state index contributed by atoms with van der Waals surface area (Å²) in [6, 6.07) is 0. The van der Waals surface area contributed by atoms with Gasteiger partial charge in [0.1, 0.15) is 5.82 Å². The summed E-state index contributed by atoms with van der Waals surface area (Å²) in [5.41, 5.74) is 0.991. The molecule has 0 amide bonds. The van der Waals surface area contributed by atoms with Crippen molar-refractivity contribution in [3.05, 3.63) is 18.1 Å². The maximum Gasteiger partial charge on any atom is 0.147 e. The highest BCUT2D eigenvalue weighted by Gasteiger charge is 2.13. The van der Waals surface area contributed by atoms with Gasteiger partial charge in [0.25, 0.3) is 0 Å². The van der Waals surface area contributed by atoms with Gasteiger partial charge in [-0.2, -0.15) is 0 Å². The summed E-state index contributed by atoms with van der Waals surface area (Å²) in [6.07, 6.45) is 4.86. The Morgan fingerprint density at radius 1 is 1.13 bits per heavy atom. The molecule has 1 aliphatic rings. The molecule has 4 nitrogen and oxygen atoms in total. The third kappa shape index (κ3) is 2.65. The Hall–Kier alpha value is -1.16. The normalized spacial score (nSPS) is 18.9. The molecule has 1 aromatic rings. The summed E-state index contributed by atoms with van der Waals surface area (Å²) < 4.78 is 0. The van der Waals surface area contributed by atoms with Crippen LogP contribution in [0, 0.1) is 6.92 Å². The lowest BCUT2D eigenvalue weighted by atomic mass is 10.4. The van der Waals surface area contributed by atoms with E-state index >= 15 is 0 Å². The van der Waals surface area contributed by atoms with Crippen LogP contribution in [-0.4, -0.2) is 48.1 Å². The average Bonchev–Trinajstić information content (AvgIpc) is 2.43. The molecule has 0 bridgehead atoms. The monoisotopic (exact) mass is 206 g/mol. The van der Waals surface area contributed by atoms with E-state index in [1.165, 1.54) is 13.0 Å². The first-order valence-corrected chi connectivity index (χ1v) is 5.48. The minimum Gasteiger partial charge on any atom is -0.354 e. The minimum atomic E-state index is 0.991. The van der Waals surface area contributed by atoms with Crippen molar-refractivity contribution in [3.63, 3.8) is 0 Å². The second kappa shape index (κ2) is 4.57. The Balaban J connectivity index is 2.09. The SMILES string of the molecule is Cc1cncc(N2CCCN(C)CC2)n1. The van der Waals surface area contributed by atoms with Gasteiger partial charge in [-0.05, 0) is 26.9 Å². The lowest BCUT2D eigenvalue weighted by Crippen LogP contribution is -2.29. The van der Waals surface area contributed by atoms with E-state index in [0.717, 1.165) is 31.1 Å². The summed E-state index contributed by atoms with van der Waals surface area (Å²) in [6.45, 7) is 6.41. The molecular formula is C11H18N4. The molecule has 82 valence electrons. The van der Waals surface area contributed by atoms with Crippen LogP contribution in [-0.2, 0) is 0 Å². The van der Waals surface area contributed by atoms with Crippen molar-refractivity contribution in [1.82, 2.24) is 14.9 Å². The zero-order valence-corrected chi connectivity index (χ0v) is 9.48. The van der Waals surface area contributed by atoms with E-state index < -0.39 is 0 Å². The molecule has 0 saturated carbocycles. The molecule has 0 N–H and O–H groups in total. The number of aromatic nitrogens is 2. The lowest BCUT2D eigenvalue weighted by molar-refractivity contribution is 0.360. The standard InChI is InChI=1S/C11H18N4/c1-10-8-12-9-11(13-10)15-5-3-4-14(2)6-7-15/h8-9H,3-7H2,1-2H3. The van der Waals surface area contributed by atoms with Crippen molar-refractivity contribution in [2.45, 2.75) is 13.3 Å². The second-order valence-electron chi connectivity index (χ2n) is 4.16. The molecule has 15 heavy (non-hydrogen) atoms. The number of hydrogen-bond acceptors (Lipinski definition) is 4. The summed E-state index contributed by atoms with van der Waals surface area (Å²) in [5, 5.41) is 0. The van der Waals surface area contributed by atoms with E-state index in [-0.39, 0.29) is 0 Å². The number of likely N-dealkylation sites (N-methyl/N-ethyl adjacent to an activating group) is 1. The summed E-state index contributed by atoms with van der Waals surface area (Å²) >= 11 is 0. The first-order chi connectivity index (χ1) is 7.25. The molecule has 0 aliphatic carbocycles. The third-order valence-electron chi connectivity index (χ3n) is 2.79. The van der Waals surface area contributed by atoms with E-state index in [2.05, 4.69) is 26.8 Å². The molecule has 1 fully saturated rings. The quantitative estimate of drug-likeness (QED) is 0.684. The molecular weight excluding hydrogens is 188 g/mol. The fraction of sp³-hybridized carbons (Fsp3) is 0.636. The molecule has 0 aromatic carbocycles. The summed E-state index contributed by atoms with van der Waals surface area (Å²) in [4.78, 5) is 13.4. The van der Waals surface area contributed by atoms with Crippen LogP contribution in [0.2, 0.25) is 0 Å². The van der Waals surface area contributed by atoms with E-state index in [1.807, 2.05) is 13.1 Å². The molecule has 1 aliphatic heterocycles. The Morgan fingerprint density at radius 2 is 2.00 bits per heavy atom. The van der Waals surface area contributed by atoms with Gasteiger partial charge in [-0.1, -0.05) is 0 Å². The highest BCUT2D eigenvalue weighted by molar-refractivity contribution is 5.36. The molecule has 1 aromatic heterocycles. The van der Waals surface area contributed by atoms with Gasteiger partial charge in [-0.15, -0.1) is 0 Å². The Morgan fingerprint density at radius 3 is 2.80 bits per heavy atom. The predicted octanol–water partition coefficient (Wildman–Crippen LogP) is 0.927. The number of anilines is 1.